The molecule has 0 aromatic heterocycles. The van der Waals surface area contributed by atoms with E-state index in [1.165, 1.54) is 0 Å². The third-order valence-electron chi connectivity index (χ3n) is 3.30. The molecule has 0 amide bonds. The Morgan fingerprint density at radius 2 is 1.94 bits per heavy atom. The molecule has 1 aromatic carbocycles. The summed E-state index contributed by atoms with van der Waals surface area (Å²) in [4.78, 5) is 11.4. The quantitative estimate of drug-likeness (QED) is 0.807. The Bertz CT molecular complexity index is 445. The van der Waals surface area contributed by atoms with Crippen LogP contribution in [0.4, 0.5) is 0 Å². The molecule has 3 rings (SSSR count). The van der Waals surface area contributed by atoms with Crippen LogP contribution in [0.15, 0.2) is 6.07 Å². The maximum atomic E-state index is 11.4. The van der Waals surface area contributed by atoms with Crippen molar-refractivity contribution in [1.82, 2.24) is 0 Å². The van der Waals surface area contributed by atoms with Crippen LogP contribution in [0.2, 0.25) is 0 Å². The normalized spacial score (nSPS) is 17.4. The number of benzene rings is 1. The molecule has 0 fully saturated rings. The van der Waals surface area contributed by atoms with E-state index < -0.39 is 5.97 Å². The van der Waals surface area contributed by atoms with Crippen molar-refractivity contribution in [1.29, 1.82) is 0 Å². The second-order valence-electron chi connectivity index (χ2n) is 4.43. The van der Waals surface area contributed by atoms with E-state index >= 15 is 0 Å². The van der Waals surface area contributed by atoms with Crippen LogP contribution in [-0.4, -0.2) is 24.3 Å². The van der Waals surface area contributed by atoms with Gasteiger partial charge in [0.2, 0.25) is 0 Å². The lowest BCUT2D eigenvalue weighted by atomic mass is 9.93. The third-order valence-corrected chi connectivity index (χ3v) is 3.30. The third kappa shape index (κ3) is 1.64. The van der Waals surface area contributed by atoms with E-state index in [4.69, 9.17) is 9.47 Å². The summed E-state index contributed by atoms with van der Waals surface area (Å²) in [6.45, 7) is 1.28. The highest BCUT2D eigenvalue weighted by atomic mass is 16.5. The summed E-state index contributed by atoms with van der Waals surface area (Å²) in [7, 11) is 0. The van der Waals surface area contributed by atoms with Crippen molar-refractivity contribution in [2.45, 2.75) is 25.7 Å². The zero-order valence-electron chi connectivity index (χ0n) is 9.49. The minimum absolute atomic E-state index is 0.317. The van der Waals surface area contributed by atoms with Crippen molar-refractivity contribution in [3.8, 4) is 11.5 Å². The lowest BCUT2D eigenvalue weighted by Crippen LogP contribution is -2.19. The van der Waals surface area contributed by atoms with Gasteiger partial charge in [0.05, 0.1) is 13.2 Å². The highest BCUT2D eigenvalue weighted by Crippen LogP contribution is 2.39. The number of hydrogen-bond donors (Lipinski definition) is 1. The monoisotopic (exact) mass is 234 g/mol. The second-order valence-corrected chi connectivity index (χ2v) is 4.43. The lowest BCUT2D eigenvalue weighted by Gasteiger charge is -2.25. The van der Waals surface area contributed by atoms with Crippen molar-refractivity contribution < 1.29 is 19.4 Å². The number of carboxylic acid groups (broad SMARTS) is 1. The topological polar surface area (TPSA) is 55.8 Å². The van der Waals surface area contributed by atoms with Crippen molar-refractivity contribution in [3.05, 3.63) is 22.8 Å². The molecule has 90 valence electrons. The molecule has 0 spiro atoms. The molecular formula is C13H14O4. The van der Waals surface area contributed by atoms with Gasteiger partial charge < -0.3 is 14.6 Å². The van der Waals surface area contributed by atoms with Crippen LogP contribution in [0, 0.1) is 0 Å². The molecule has 0 atom stereocenters. The van der Waals surface area contributed by atoms with Crippen molar-refractivity contribution >= 4 is 5.97 Å². The van der Waals surface area contributed by atoms with Gasteiger partial charge in [-0.2, -0.15) is 0 Å². The number of aromatic carboxylic acids is 1. The van der Waals surface area contributed by atoms with Crippen LogP contribution in [-0.2, 0) is 12.8 Å². The highest BCUT2D eigenvalue weighted by molar-refractivity contribution is 5.94. The fraction of sp³-hybridized carbons (Fsp3) is 0.462. The molecule has 2 aliphatic heterocycles. The summed E-state index contributed by atoms with van der Waals surface area (Å²) in [6, 6.07) is 1.95. The summed E-state index contributed by atoms with van der Waals surface area (Å²) >= 11 is 0. The van der Waals surface area contributed by atoms with Gasteiger partial charge in [0.25, 0.3) is 0 Å². The minimum Gasteiger partial charge on any atom is -0.493 e. The van der Waals surface area contributed by atoms with E-state index in [0.29, 0.717) is 24.5 Å². The van der Waals surface area contributed by atoms with Gasteiger partial charge in [-0.15, -0.1) is 0 Å². The Morgan fingerprint density at radius 3 is 2.76 bits per heavy atom. The Balaban J connectivity index is 2.23. The van der Waals surface area contributed by atoms with Gasteiger partial charge in [0, 0.05) is 5.56 Å². The minimum atomic E-state index is -0.912. The summed E-state index contributed by atoms with van der Waals surface area (Å²) < 4.78 is 11.1. The average Bonchev–Trinajstić information content (AvgIpc) is 2.35. The van der Waals surface area contributed by atoms with Crippen LogP contribution in [0.25, 0.3) is 0 Å². The highest BCUT2D eigenvalue weighted by Gasteiger charge is 2.27. The van der Waals surface area contributed by atoms with E-state index in [9.17, 15) is 9.90 Å². The standard InChI is InChI=1S/C13H14O4/c14-13(15)11-9-4-2-5-16-10(9)7-8-3-1-6-17-12(8)11/h7H,1-6H2,(H,14,15). The number of fused-ring (bicyclic) bond motifs is 2. The Labute approximate surface area is 99.2 Å². The van der Waals surface area contributed by atoms with Gasteiger partial charge in [0.15, 0.2) is 0 Å². The Morgan fingerprint density at radius 1 is 1.18 bits per heavy atom. The first-order valence-corrected chi connectivity index (χ1v) is 5.95. The largest absolute Gasteiger partial charge is 0.493 e. The van der Waals surface area contributed by atoms with Crippen LogP contribution in [0.3, 0.4) is 0 Å². The Kier molecular flexibility index (Phi) is 2.42. The van der Waals surface area contributed by atoms with Gasteiger partial charge in [-0.25, -0.2) is 4.79 Å². The average molecular weight is 234 g/mol. The Hall–Kier alpha value is -1.71. The number of carbonyl (C=O) groups is 1. The molecule has 4 heteroatoms. The molecule has 0 radical (unpaired) electrons. The van der Waals surface area contributed by atoms with Gasteiger partial charge in [-0.3, -0.25) is 0 Å². The van der Waals surface area contributed by atoms with Crippen LogP contribution in [0.1, 0.15) is 34.3 Å². The molecule has 1 aromatic rings. The van der Waals surface area contributed by atoms with Crippen molar-refractivity contribution in [3.63, 3.8) is 0 Å². The molecule has 1 N–H and O–H groups in total. The molecule has 0 unspecified atom stereocenters. The number of ether oxygens (including phenoxy) is 2. The van der Waals surface area contributed by atoms with Crippen LogP contribution in [0.5, 0.6) is 11.5 Å². The fourth-order valence-electron chi connectivity index (χ4n) is 2.55. The van der Waals surface area contributed by atoms with Gasteiger partial charge in [-0.05, 0) is 37.3 Å². The first kappa shape index (κ1) is 10.4. The lowest BCUT2D eigenvalue weighted by molar-refractivity contribution is 0.0688. The molecule has 0 bridgehead atoms. The summed E-state index contributed by atoms with van der Waals surface area (Å²) in [6.07, 6.45) is 3.43. The number of aryl methyl sites for hydroxylation is 1. The van der Waals surface area contributed by atoms with Crippen LogP contribution < -0.4 is 9.47 Å². The number of rotatable bonds is 1. The van der Waals surface area contributed by atoms with Gasteiger partial charge in [-0.1, -0.05) is 0 Å². The zero-order chi connectivity index (χ0) is 11.8. The molecule has 0 saturated heterocycles. The molecular weight excluding hydrogens is 220 g/mol. The molecule has 2 heterocycles. The SMILES string of the molecule is O=C(O)c1c2c(cc3c1OCCC3)OCCC2. The molecule has 0 aliphatic carbocycles. The molecule has 4 nitrogen and oxygen atoms in total. The molecule has 17 heavy (non-hydrogen) atoms. The molecule has 2 aliphatic rings. The predicted molar refractivity (Wildman–Crippen MR) is 61.0 cm³/mol. The van der Waals surface area contributed by atoms with E-state index in [1.54, 1.807) is 0 Å². The van der Waals surface area contributed by atoms with E-state index in [1.807, 2.05) is 6.07 Å². The molecule has 0 saturated carbocycles. The summed E-state index contributed by atoms with van der Waals surface area (Å²) in [5.41, 5.74) is 2.08. The maximum Gasteiger partial charge on any atom is 0.339 e. The summed E-state index contributed by atoms with van der Waals surface area (Å²) in [5.74, 6) is 0.386. The summed E-state index contributed by atoms with van der Waals surface area (Å²) in [5, 5.41) is 9.36. The number of carboxylic acids is 1. The maximum absolute atomic E-state index is 11.4. The fourth-order valence-corrected chi connectivity index (χ4v) is 2.55. The van der Waals surface area contributed by atoms with Gasteiger partial charge in [0.1, 0.15) is 17.1 Å². The smallest absolute Gasteiger partial charge is 0.339 e. The number of hydrogen-bond acceptors (Lipinski definition) is 3. The van der Waals surface area contributed by atoms with Crippen molar-refractivity contribution in [2.24, 2.45) is 0 Å². The van der Waals surface area contributed by atoms with Crippen LogP contribution >= 0.6 is 0 Å². The van der Waals surface area contributed by atoms with E-state index in [0.717, 1.165) is 42.6 Å². The first-order valence-electron chi connectivity index (χ1n) is 5.95. The zero-order valence-corrected chi connectivity index (χ0v) is 9.49. The predicted octanol–water partition coefficient (Wildman–Crippen LogP) is 2.03. The first-order chi connectivity index (χ1) is 8.27. The van der Waals surface area contributed by atoms with E-state index in [2.05, 4.69) is 0 Å². The second kappa shape index (κ2) is 3.95. The van der Waals surface area contributed by atoms with E-state index in [-0.39, 0.29) is 0 Å². The van der Waals surface area contributed by atoms with Gasteiger partial charge >= 0.3 is 5.97 Å². The van der Waals surface area contributed by atoms with Crippen molar-refractivity contribution in [2.75, 3.05) is 13.2 Å².